The molecule has 1 aromatic heterocycles. The van der Waals surface area contributed by atoms with Crippen molar-refractivity contribution in [2.45, 2.75) is 18.4 Å². The van der Waals surface area contributed by atoms with Crippen molar-refractivity contribution in [2.75, 3.05) is 13.1 Å². The number of aromatic nitrogens is 2. The highest BCUT2D eigenvalue weighted by Gasteiger charge is 2.29. The van der Waals surface area contributed by atoms with Crippen LogP contribution in [0.15, 0.2) is 41.6 Å². The van der Waals surface area contributed by atoms with Gasteiger partial charge in [0.05, 0.1) is 6.20 Å². The van der Waals surface area contributed by atoms with Crippen LogP contribution in [0.5, 0.6) is 0 Å². The average molecular weight is 323 g/mol. The topological polar surface area (TPSA) is 103 Å². The minimum absolute atomic E-state index is 0.243. The van der Waals surface area contributed by atoms with Crippen LogP contribution in [0.4, 0.5) is 0 Å². The minimum Gasteiger partial charge on any atom is -0.478 e. The van der Waals surface area contributed by atoms with E-state index in [0.29, 0.717) is 6.42 Å². The molecule has 118 valence electrons. The summed E-state index contributed by atoms with van der Waals surface area (Å²) >= 11 is 0. The van der Waals surface area contributed by atoms with Crippen molar-refractivity contribution < 1.29 is 18.3 Å². The zero-order valence-corrected chi connectivity index (χ0v) is 12.9. The van der Waals surface area contributed by atoms with E-state index in [1.54, 1.807) is 6.92 Å². The zero-order chi connectivity index (χ0) is 16.2. The van der Waals surface area contributed by atoms with E-state index < -0.39 is 16.0 Å². The maximum atomic E-state index is 12.6. The molecule has 22 heavy (non-hydrogen) atoms. The van der Waals surface area contributed by atoms with Crippen molar-refractivity contribution in [1.82, 2.24) is 14.5 Å². The molecule has 0 bridgehead atoms. The number of likely N-dealkylation sites (N-methyl/N-ethyl adjacent to an activating group) is 1. The molecule has 0 radical (unpaired) electrons. The van der Waals surface area contributed by atoms with Crippen molar-refractivity contribution >= 4 is 16.0 Å². The lowest BCUT2D eigenvalue weighted by Crippen LogP contribution is -2.34. The molecule has 0 fully saturated rings. The standard InChI is InChI=1S/C14H17N3O4S/c1-2-17(9-8-11-6-4-3-5-7-11)22(20,21)13-12(14(18)19)10-15-16-13/h3-7,10H,2,8-9H2,1H3,(H,15,16)(H,18,19). The molecule has 2 aromatic rings. The number of hydrogen-bond donors (Lipinski definition) is 2. The molecule has 0 spiro atoms. The fourth-order valence-electron chi connectivity index (χ4n) is 2.10. The molecule has 8 heteroatoms. The van der Waals surface area contributed by atoms with Gasteiger partial charge in [-0.1, -0.05) is 37.3 Å². The van der Waals surface area contributed by atoms with Gasteiger partial charge in [0.2, 0.25) is 0 Å². The van der Waals surface area contributed by atoms with Crippen LogP contribution >= 0.6 is 0 Å². The Morgan fingerprint density at radius 2 is 2.00 bits per heavy atom. The number of nitrogens with zero attached hydrogens (tertiary/aromatic N) is 2. The molecule has 1 aromatic carbocycles. The molecule has 0 unspecified atom stereocenters. The molecule has 0 aliphatic carbocycles. The summed E-state index contributed by atoms with van der Waals surface area (Å²) < 4.78 is 26.4. The fourth-order valence-corrected chi connectivity index (χ4v) is 3.61. The normalized spacial score (nSPS) is 11.7. The number of benzene rings is 1. The number of rotatable bonds is 7. The second-order valence-corrected chi connectivity index (χ2v) is 6.53. The number of carbonyl (C=O) groups is 1. The Hall–Kier alpha value is -2.19. The molecule has 2 rings (SSSR count). The first-order valence-corrected chi connectivity index (χ1v) is 8.21. The van der Waals surface area contributed by atoms with Crippen LogP contribution in [0.1, 0.15) is 22.8 Å². The lowest BCUT2D eigenvalue weighted by atomic mass is 10.1. The number of nitrogens with one attached hydrogen (secondary N) is 1. The quantitative estimate of drug-likeness (QED) is 0.801. The lowest BCUT2D eigenvalue weighted by molar-refractivity contribution is 0.0692. The summed E-state index contributed by atoms with van der Waals surface area (Å²) in [7, 11) is -3.92. The molecule has 0 aliphatic heterocycles. The number of carboxylic acids is 1. The number of aromatic amines is 1. The molecule has 0 aliphatic rings. The maximum absolute atomic E-state index is 12.6. The van der Waals surface area contributed by atoms with Crippen molar-refractivity contribution in [3.05, 3.63) is 47.7 Å². The van der Waals surface area contributed by atoms with E-state index in [1.807, 2.05) is 30.3 Å². The third-order valence-electron chi connectivity index (χ3n) is 3.28. The van der Waals surface area contributed by atoms with Crippen LogP contribution < -0.4 is 0 Å². The number of sulfonamides is 1. The molecule has 2 N–H and O–H groups in total. The van der Waals surface area contributed by atoms with Gasteiger partial charge in [0, 0.05) is 13.1 Å². The van der Waals surface area contributed by atoms with Gasteiger partial charge in [-0.15, -0.1) is 0 Å². The Balaban J connectivity index is 2.22. The summed E-state index contributed by atoms with van der Waals surface area (Å²) in [6.45, 7) is 2.22. The van der Waals surface area contributed by atoms with Crippen LogP contribution in [0, 0.1) is 0 Å². The van der Waals surface area contributed by atoms with E-state index in [4.69, 9.17) is 5.11 Å². The third-order valence-corrected chi connectivity index (χ3v) is 5.23. The fraction of sp³-hybridized carbons (Fsp3) is 0.286. The van der Waals surface area contributed by atoms with Gasteiger partial charge in [-0.25, -0.2) is 13.2 Å². The monoisotopic (exact) mass is 323 g/mol. The van der Waals surface area contributed by atoms with Crippen molar-refractivity contribution in [1.29, 1.82) is 0 Å². The Bertz CT molecular complexity index is 740. The molecule has 0 saturated carbocycles. The summed E-state index contributed by atoms with van der Waals surface area (Å²) in [5, 5.41) is 14.5. The third kappa shape index (κ3) is 3.34. The summed E-state index contributed by atoms with van der Waals surface area (Å²) in [5.41, 5.74) is 0.664. The highest BCUT2D eigenvalue weighted by Crippen LogP contribution is 2.18. The summed E-state index contributed by atoms with van der Waals surface area (Å²) in [4.78, 5) is 11.1. The highest BCUT2D eigenvalue weighted by molar-refractivity contribution is 7.89. The lowest BCUT2D eigenvalue weighted by Gasteiger charge is -2.19. The first-order chi connectivity index (χ1) is 10.5. The highest BCUT2D eigenvalue weighted by atomic mass is 32.2. The Morgan fingerprint density at radius 1 is 1.32 bits per heavy atom. The molecular formula is C14H17N3O4S. The van der Waals surface area contributed by atoms with E-state index in [9.17, 15) is 13.2 Å². The van der Waals surface area contributed by atoms with E-state index in [-0.39, 0.29) is 23.7 Å². The van der Waals surface area contributed by atoms with E-state index in [0.717, 1.165) is 11.8 Å². The van der Waals surface area contributed by atoms with E-state index >= 15 is 0 Å². The van der Waals surface area contributed by atoms with Crippen LogP contribution in [0.2, 0.25) is 0 Å². The van der Waals surface area contributed by atoms with Crippen LogP contribution in [0.25, 0.3) is 0 Å². The second-order valence-electron chi connectivity index (χ2n) is 4.65. The predicted octanol–water partition coefficient (Wildman–Crippen LogP) is 1.36. The van der Waals surface area contributed by atoms with Gasteiger partial charge >= 0.3 is 5.97 Å². The molecule has 0 saturated heterocycles. The molecule has 0 amide bonds. The first-order valence-electron chi connectivity index (χ1n) is 6.77. The smallest absolute Gasteiger partial charge is 0.340 e. The van der Waals surface area contributed by atoms with Crippen LogP contribution in [-0.4, -0.2) is 47.1 Å². The van der Waals surface area contributed by atoms with Gasteiger partial charge in [0.25, 0.3) is 10.0 Å². The van der Waals surface area contributed by atoms with E-state index in [2.05, 4.69) is 10.2 Å². The number of H-pyrrole nitrogens is 1. The first kappa shape index (κ1) is 16.2. The second kappa shape index (κ2) is 6.71. The number of aromatic carboxylic acids is 1. The van der Waals surface area contributed by atoms with Crippen LogP contribution in [-0.2, 0) is 16.4 Å². The van der Waals surface area contributed by atoms with Crippen molar-refractivity contribution in [3.8, 4) is 0 Å². The van der Waals surface area contributed by atoms with Crippen molar-refractivity contribution in [2.24, 2.45) is 0 Å². The predicted molar refractivity (Wildman–Crippen MR) is 80.1 cm³/mol. The summed E-state index contributed by atoms with van der Waals surface area (Å²) in [6, 6.07) is 9.50. The number of carboxylic acid groups (broad SMARTS) is 1. The Labute approximate surface area is 128 Å². The van der Waals surface area contributed by atoms with Gasteiger partial charge < -0.3 is 5.11 Å². The van der Waals surface area contributed by atoms with Crippen LogP contribution in [0.3, 0.4) is 0 Å². The SMILES string of the molecule is CCN(CCc1ccccc1)S(=O)(=O)c1[nH]ncc1C(=O)O. The molecule has 1 heterocycles. The Morgan fingerprint density at radius 3 is 2.59 bits per heavy atom. The van der Waals surface area contributed by atoms with Gasteiger partial charge in [0.15, 0.2) is 5.03 Å². The Kier molecular flexibility index (Phi) is 4.94. The zero-order valence-electron chi connectivity index (χ0n) is 12.1. The van der Waals surface area contributed by atoms with Gasteiger partial charge in [0.1, 0.15) is 5.56 Å². The number of hydrogen-bond acceptors (Lipinski definition) is 4. The van der Waals surface area contributed by atoms with Gasteiger partial charge in [-0.2, -0.15) is 9.40 Å². The molecule has 0 atom stereocenters. The summed E-state index contributed by atoms with van der Waals surface area (Å²) in [6.07, 6.45) is 1.55. The van der Waals surface area contributed by atoms with Gasteiger partial charge in [-0.3, -0.25) is 5.10 Å². The maximum Gasteiger partial charge on any atom is 0.340 e. The average Bonchev–Trinajstić information content (AvgIpc) is 2.99. The molecule has 7 nitrogen and oxygen atoms in total. The molecular weight excluding hydrogens is 306 g/mol. The van der Waals surface area contributed by atoms with E-state index in [1.165, 1.54) is 4.31 Å². The minimum atomic E-state index is -3.92. The van der Waals surface area contributed by atoms with Gasteiger partial charge in [-0.05, 0) is 12.0 Å². The largest absolute Gasteiger partial charge is 0.478 e. The summed E-state index contributed by atoms with van der Waals surface area (Å²) in [5.74, 6) is -1.33. The van der Waals surface area contributed by atoms with Crippen molar-refractivity contribution in [3.63, 3.8) is 0 Å².